The highest BCUT2D eigenvalue weighted by Gasteiger charge is 2.03. The summed E-state index contributed by atoms with van der Waals surface area (Å²) in [6.07, 6.45) is 0. The zero-order valence-corrected chi connectivity index (χ0v) is 12.4. The molecule has 0 aliphatic carbocycles. The van der Waals surface area contributed by atoms with Crippen molar-refractivity contribution < 1.29 is 9.53 Å². The Morgan fingerprint density at radius 1 is 1.05 bits per heavy atom. The number of nitrogens with one attached hydrogen (secondary N) is 1. The highest BCUT2D eigenvalue weighted by atomic mass is 16.5. The molecule has 2 aromatic carbocycles. The molecule has 0 heterocycles. The van der Waals surface area contributed by atoms with Crippen LogP contribution in [0.5, 0.6) is 11.5 Å². The van der Waals surface area contributed by atoms with Gasteiger partial charge in [0.1, 0.15) is 11.5 Å². The van der Waals surface area contributed by atoms with E-state index in [-0.39, 0.29) is 5.91 Å². The van der Waals surface area contributed by atoms with E-state index in [1.165, 1.54) is 0 Å². The minimum Gasteiger partial charge on any atom is -0.457 e. The van der Waals surface area contributed by atoms with E-state index < -0.39 is 0 Å². The molecule has 1 amide bonds. The zero-order valence-electron chi connectivity index (χ0n) is 12.4. The van der Waals surface area contributed by atoms with E-state index in [9.17, 15) is 4.79 Å². The van der Waals surface area contributed by atoms with Crippen LogP contribution in [-0.4, -0.2) is 31.4 Å². The Kier molecular flexibility index (Phi) is 5.35. The highest BCUT2D eigenvalue weighted by molar-refractivity contribution is 5.77. The predicted molar refractivity (Wildman–Crippen MR) is 83.4 cm³/mol. The lowest BCUT2D eigenvalue weighted by atomic mass is 10.2. The number of ether oxygens (including phenoxy) is 1. The molecule has 0 fully saturated rings. The largest absolute Gasteiger partial charge is 0.457 e. The Morgan fingerprint density at radius 2 is 1.76 bits per heavy atom. The van der Waals surface area contributed by atoms with Crippen LogP contribution in [0.2, 0.25) is 0 Å². The highest BCUT2D eigenvalue weighted by Crippen LogP contribution is 2.21. The number of hydrogen-bond acceptors (Lipinski definition) is 3. The van der Waals surface area contributed by atoms with Gasteiger partial charge in [0, 0.05) is 20.6 Å². The second kappa shape index (κ2) is 7.45. The average Bonchev–Trinajstić information content (AvgIpc) is 2.48. The Morgan fingerprint density at radius 3 is 2.48 bits per heavy atom. The summed E-state index contributed by atoms with van der Waals surface area (Å²) in [5, 5.41) is 3.13. The van der Waals surface area contributed by atoms with Crippen LogP contribution in [-0.2, 0) is 11.3 Å². The molecule has 0 aliphatic heterocycles. The van der Waals surface area contributed by atoms with E-state index in [4.69, 9.17) is 4.74 Å². The molecule has 21 heavy (non-hydrogen) atoms. The molecule has 0 aromatic heterocycles. The lowest BCUT2D eigenvalue weighted by Gasteiger charge is -2.11. The molecule has 4 heteroatoms. The maximum Gasteiger partial charge on any atom is 0.236 e. The molecule has 0 spiro atoms. The van der Waals surface area contributed by atoms with Crippen molar-refractivity contribution in [3.8, 4) is 11.5 Å². The van der Waals surface area contributed by atoms with E-state index in [0.717, 1.165) is 17.1 Å². The minimum atomic E-state index is 0.0618. The summed E-state index contributed by atoms with van der Waals surface area (Å²) in [5.74, 6) is 1.66. The van der Waals surface area contributed by atoms with Crippen molar-refractivity contribution in [2.75, 3.05) is 20.6 Å². The summed E-state index contributed by atoms with van der Waals surface area (Å²) in [5.41, 5.74) is 1.08. The van der Waals surface area contributed by atoms with Crippen LogP contribution in [0.15, 0.2) is 54.6 Å². The van der Waals surface area contributed by atoms with Crippen LogP contribution in [0.3, 0.4) is 0 Å². The standard InChI is InChI=1S/C17H20N2O2/c1-19(2)17(20)13-18-12-14-7-6-10-16(11-14)21-15-8-4-3-5-9-15/h3-11,18H,12-13H2,1-2H3. The summed E-state index contributed by atoms with van der Waals surface area (Å²) in [6, 6.07) is 17.5. The molecule has 2 rings (SSSR count). The summed E-state index contributed by atoms with van der Waals surface area (Å²) in [6.45, 7) is 0.961. The summed E-state index contributed by atoms with van der Waals surface area (Å²) >= 11 is 0. The van der Waals surface area contributed by atoms with Crippen LogP contribution in [0.4, 0.5) is 0 Å². The molecule has 0 saturated heterocycles. The number of likely N-dealkylation sites (N-methyl/N-ethyl adjacent to an activating group) is 1. The summed E-state index contributed by atoms with van der Waals surface area (Å²) in [4.78, 5) is 13.1. The number of rotatable bonds is 6. The fraction of sp³-hybridized carbons (Fsp3) is 0.235. The summed E-state index contributed by atoms with van der Waals surface area (Å²) in [7, 11) is 3.50. The van der Waals surface area contributed by atoms with Gasteiger partial charge in [-0.3, -0.25) is 4.79 Å². The third-order valence-corrected chi connectivity index (χ3v) is 2.98. The van der Waals surface area contributed by atoms with Gasteiger partial charge in [-0.05, 0) is 29.8 Å². The third kappa shape index (κ3) is 4.93. The van der Waals surface area contributed by atoms with Crippen LogP contribution in [0, 0.1) is 0 Å². The van der Waals surface area contributed by atoms with Gasteiger partial charge in [-0.15, -0.1) is 0 Å². The molecule has 4 nitrogen and oxygen atoms in total. The van der Waals surface area contributed by atoms with Crippen molar-refractivity contribution in [3.63, 3.8) is 0 Å². The smallest absolute Gasteiger partial charge is 0.236 e. The van der Waals surface area contributed by atoms with Crippen LogP contribution in [0.25, 0.3) is 0 Å². The van der Waals surface area contributed by atoms with Crippen LogP contribution in [0.1, 0.15) is 5.56 Å². The number of nitrogens with zero attached hydrogens (tertiary/aromatic N) is 1. The van der Waals surface area contributed by atoms with Gasteiger partial charge in [0.15, 0.2) is 0 Å². The van der Waals surface area contributed by atoms with Crippen molar-refractivity contribution in [1.82, 2.24) is 10.2 Å². The Balaban J connectivity index is 1.90. The fourth-order valence-electron chi connectivity index (χ4n) is 1.82. The first kappa shape index (κ1) is 15.1. The molecule has 0 radical (unpaired) electrons. The van der Waals surface area contributed by atoms with Crippen LogP contribution < -0.4 is 10.1 Å². The first-order valence-corrected chi connectivity index (χ1v) is 6.88. The van der Waals surface area contributed by atoms with Gasteiger partial charge in [0.2, 0.25) is 5.91 Å². The van der Waals surface area contributed by atoms with Crippen molar-refractivity contribution in [1.29, 1.82) is 0 Å². The lowest BCUT2D eigenvalue weighted by molar-refractivity contribution is -0.127. The van der Waals surface area contributed by atoms with Gasteiger partial charge in [-0.1, -0.05) is 30.3 Å². The molecule has 110 valence electrons. The average molecular weight is 284 g/mol. The Hall–Kier alpha value is -2.33. The zero-order chi connectivity index (χ0) is 15.1. The van der Waals surface area contributed by atoms with Gasteiger partial charge >= 0.3 is 0 Å². The second-order valence-corrected chi connectivity index (χ2v) is 4.95. The Labute approximate surface area is 125 Å². The van der Waals surface area contributed by atoms with E-state index in [2.05, 4.69) is 5.32 Å². The molecule has 0 atom stereocenters. The number of benzene rings is 2. The maximum atomic E-state index is 11.5. The van der Waals surface area contributed by atoms with Gasteiger partial charge < -0.3 is 15.0 Å². The topological polar surface area (TPSA) is 41.6 Å². The van der Waals surface area contributed by atoms with Gasteiger partial charge in [-0.25, -0.2) is 0 Å². The monoisotopic (exact) mass is 284 g/mol. The van der Waals surface area contributed by atoms with E-state index >= 15 is 0 Å². The third-order valence-electron chi connectivity index (χ3n) is 2.98. The molecule has 0 unspecified atom stereocenters. The molecule has 1 N–H and O–H groups in total. The number of carbonyl (C=O) groups excluding carboxylic acids is 1. The van der Waals surface area contributed by atoms with Gasteiger partial charge in [-0.2, -0.15) is 0 Å². The molecule has 0 bridgehead atoms. The molecule has 0 aliphatic rings. The van der Waals surface area contributed by atoms with Crippen molar-refractivity contribution in [2.45, 2.75) is 6.54 Å². The quantitative estimate of drug-likeness (QED) is 0.886. The van der Waals surface area contributed by atoms with E-state index in [1.54, 1.807) is 19.0 Å². The van der Waals surface area contributed by atoms with Gasteiger partial charge in [0.25, 0.3) is 0 Å². The normalized spacial score (nSPS) is 10.2. The maximum absolute atomic E-state index is 11.5. The number of carbonyl (C=O) groups is 1. The van der Waals surface area contributed by atoms with Crippen molar-refractivity contribution in [3.05, 3.63) is 60.2 Å². The van der Waals surface area contributed by atoms with E-state index in [1.807, 2.05) is 54.6 Å². The fourth-order valence-corrected chi connectivity index (χ4v) is 1.82. The van der Waals surface area contributed by atoms with Crippen molar-refractivity contribution >= 4 is 5.91 Å². The Bertz CT molecular complexity index is 582. The number of amides is 1. The predicted octanol–water partition coefficient (Wildman–Crippen LogP) is 2.66. The first-order valence-electron chi connectivity index (χ1n) is 6.88. The van der Waals surface area contributed by atoms with E-state index in [0.29, 0.717) is 13.1 Å². The minimum absolute atomic E-state index is 0.0618. The van der Waals surface area contributed by atoms with Crippen LogP contribution >= 0.6 is 0 Å². The molecular weight excluding hydrogens is 264 g/mol. The lowest BCUT2D eigenvalue weighted by Crippen LogP contribution is -2.32. The van der Waals surface area contributed by atoms with Gasteiger partial charge in [0.05, 0.1) is 6.54 Å². The molecule has 2 aromatic rings. The SMILES string of the molecule is CN(C)C(=O)CNCc1cccc(Oc2ccccc2)c1. The second-order valence-electron chi connectivity index (χ2n) is 4.95. The number of hydrogen-bond donors (Lipinski definition) is 1. The first-order chi connectivity index (χ1) is 10.1. The summed E-state index contributed by atoms with van der Waals surface area (Å²) < 4.78 is 5.78. The number of para-hydroxylation sites is 1. The molecular formula is C17H20N2O2. The van der Waals surface area contributed by atoms with Crippen molar-refractivity contribution in [2.24, 2.45) is 0 Å². The molecule has 0 saturated carbocycles.